The van der Waals surface area contributed by atoms with E-state index in [1.807, 2.05) is 0 Å². The highest BCUT2D eigenvalue weighted by molar-refractivity contribution is 6.90. The molecule has 0 aromatic rings. The molecule has 60 valence electrons. The van der Waals surface area contributed by atoms with E-state index in [1.165, 1.54) is 5.94 Å². The summed E-state index contributed by atoms with van der Waals surface area (Å²) in [7, 11) is -0.847. The molecular formula is C9H17BSi. The van der Waals surface area contributed by atoms with Crippen LogP contribution in [0.15, 0.2) is 24.1 Å². The molecule has 0 aliphatic carbocycles. The van der Waals surface area contributed by atoms with Crippen molar-refractivity contribution in [1.29, 1.82) is 0 Å². The summed E-state index contributed by atoms with van der Waals surface area (Å²) in [6, 6.07) is 0. The van der Waals surface area contributed by atoms with Crippen LogP contribution in [0.25, 0.3) is 0 Å². The summed E-state index contributed by atoms with van der Waals surface area (Å²) < 4.78 is 0. The second-order valence-corrected chi connectivity index (χ2v) is 10.1. The van der Waals surface area contributed by atoms with Crippen LogP contribution in [0.2, 0.25) is 25.6 Å². The summed E-state index contributed by atoms with van der Waals surface area (Å²) >= 11 is 0. The van der Waals surface area contributed by atoms with E-state index in [0.717, 1.165) is 13.1 Å². The van der Waals surface area contributed by atoms with Crippen LogP contribution in [0.4, 0.5) is 0 Å². The number of allylic oxidation sites excluding steroid dienone is 2. The maximum absolute atomic E-state index is 2.43. The lowest BCUT2D eigenvalue weighted by Gasteiger charge is -2.18. The number of hydrogen-bond acceptors (Lipinski definition) is 0. The van der Waals surface area contributed by atoms with Gasteiger partial charge >= 0.3 is 0 Å². The van der Waals surface area contributed by atoms with Crippen LogP contribution in [0.3, 0.4) is 0 Å². The Morgan fingerprint density at radius 2 is 1.73 bits per heavy atom. The molecule has 0 atom stereocenters. The van der Waals surface area contributed by atoms with Crippen LogP contribution < -0.4 is 0 Å². The lowest BCUT2D eigenvalue weighted by molar-refractivity contribution is 1.39. The van der Waals surface area contributed by atoms with Gasteiger partial charge in [-0.15, -0.1) is 12.0 Å². The highest BCUT2D eigenvalue weighted by atomic mass is 28.3. The normalized spacial score (nSPS) is 17.5. The van der Waals surface area contributed by atoms with Gasteiger partial charge in [-0.3, -0.25) is 0 Å². The van der Waals surface area contributed by atoms with Gasteiger partial charge in [0.25, 0.3) is 0 Å². The predicted octanol–water partition coefficient (Wildman–Crippen LogP) is 2.95. The SMILES string of the molecule is C[Si](C)(C)CB1C=CCC=C1. The van der Waals surface area contributed by atoms with Crippen molar-refractivity contribution >= 4 is 14.8 Å². The fraction of sp³-hybridized carbons (Fsp3) is 0.556. The molecule has 0 saturated heterocycles. The largest absolute Gasteiger partial charge is 0.188 e. The molecular weight excluding hydrogens is 147 g/mol. The summed E-state index contributed by atoms with van der Waals surface area (Å²) in [5.74, 6) is 6.12. The average Bonchev–Trinajstić information content (AvgIpc) is 1.85. The van der Waals surface area contributed by atoms with Crippen LogP contribution in [-0.2, 0) is 0 Å². The van der Waals surface area contributed by atoms with Gasteiger partial charge in [0.2, 0.25) is 0 Å². The summed E-state index contributed by atoms with van der Waals surface area (Å²) in [6.45, 7) is 8.05. The maximum atomic E-state index is 2.43. The summed E-state index contributed by atoms with van der Waals surface area (Å²) in [5, 5.41) is 0. The second-order valence-electron chi connectivity index (χ2n) is 4.52. The zero-order valence-corrected chi connectivity index (χ0v) is 8.80. The Labute approximate surface area is 71.5 Å². The van der Waals surface area contributed by atoms with E-state index in [2.05, 4.69) is 43.7 Å². The van der Waals surface area contributed by atoms with Crippen LogP contribution in [0.1, 0.15) is 6.42 Å². The third-order valence-corrected chi connectivity index (χ3v) is 3.58. The molecule has 0 saturated carbocycles. The quantitative estimate of drug-likeness (QED) is 0.550. The molecule has 11 heavy (non-hydrogen) atoms. The van der Waals surface area contributed by atoms with Crippen molar-refractivity contribution in [2.45, 2.75) is 32.0 Å². The summed E-state index contributed by atoms with van der Waals surface area (Å²) in [5.41, 5.74) is 0. The average molecular weight is 164 g/mol. The van der Waals surface area contributed by atoms with Gasteiger partial charge in [0.05, 0.1) is 0 Å². The fourth-order valence-corrected chi connectivity index (χ4v) is 3.18. The minimum atomic E-state index is -0.847. The predicted molar refractivity (Wildman–Crippen MR) is 56.8 cm³/mol. The topological polar surface area (TPSA) is 0 Å². The smallest absolute Gasteiger partial charge is 0.114 e. The molecule has 0 N–H and O–H groups in total. The van der Waals surface area contributed by atoms with Crippen LogP contribution in [0.5, 0.6) is 0 Å². The Kier molecular flexibility index (Phi) is 2.77. The first-order valence-corrected chi connectivity index (χ1v) is 8.12. The Balaban J connectivity index is 2.43. The molecule has 0 aromatic heterocycles. The van der Waals surface area contributed by atoms with Crippen molar-refractivity contribution in [2.75, 3.05) is 0 Å². The molecule has 1 aliphatic rings. The van der Waals surface area contributed by atoms with Gasteiger partial charge < -0.3 is 0 Å². The van der Waals surface area contributed by atoms with Gasteiger partial charge in [-0.2, -0.15) is 0 Å². The van der Waals surface area contributed by atoms with Crippen LogP contribution in [0, 0.1) is 0 Å². The Morgan fingerprint density at radius 3 is 2.18 bits per heavy atom. The van der Waals surface area contributed by atoms with E-state index in [-0.39, 0.29) is 0 Å². The zero-order valence-electron chi connectivity index (χ0n) is 7.80. The number of hydrogen-bond donors (Lipinski definition) is 0. The molecule has 2 heteroatoms. The van der Waals surface area contributed by atoms with Gasteiger partial charge in [-0.05, 0) is 6.42 Å². The molecule has 0 radical (unpaired) electrons. The van der Waals surface area contributed by atoms with Crippen molar-refractivity contribution < 1.29 is 0 Å². The van der Waals surface area contributed by atoms with E-state index in [1.54, 1.807) is 0 Å². The van der Waals surface area contributed by atoms with Crippen LogP contribution >= 0.6 is 0 Å². The highest BCUT2D eigenvalue weighted by Crippen LogP contribution is 2.14. The molecule has 0 aromatic carbocycles. The third kappa shape index (κ3) is 3.61. The highest BCUT2D eigenvalue weighted by Gasteiger charge is 2.19. The Bertz CT molecular complexity index is 164. The lowest BCUT2D eigenvalue weighted by atomic mass is 9.50. The molecule has 1 aliphatic heterocycles. The first kappa shape index (κ1) is 8.85. The molecule has 1 rings (SSSR count). The van der Waals surface area contributed by atoms with E-state index in [9.17, 15) is 0 Å². The number of rotatable bonds is 2. The van der Waals surface area contributed by atoms with Gasteiger partial charge in [0.15, 0.2) is 6.71 Å². The fourth-order valence-electron chi connectivity index (χ4n) is 1.49. The van der Waals surface area contributed by atoms with E-state index in [4.69, 9.17) is 0 Å². The third-order valence-electron chi connectivity index (χ3n) is 1.89. The Morgan fingerprint density at radius 1 is 1.18 bits per heavy atom. The van der Waals surface area contributed by atoms with Crippen molar-refractivity contribution in [2.24, 2.45) is 0 Å². The Hall–Kier alpha value is -0.238. The van der Waals surface area contributed by atoms with Gasteiger partial charge in [0, 0.05) is 8.07 Å². The van der Waals surface area contributed by atoms with Crippen LogP contribution in [-0.4, -0.2) is 14.8 Å². The zero-order chi connectivity index (χ0) is 8.32. The first-order chi connectivity index (χ1) is 5.08. The van der Waals surface area contributed by atoms with E-state index < -0.39 is 8.07 Å². The van der Waals surface area contributed by atoms with Gasteiger partial charge in [-0.25, -0.2) is 0 Å². The lowest BCUT2D eigenvalue weighted by Crippen LogP contribution is -2.28. The molecule has 0 fully saturated rings. The van der Waals surface area contributed by atoms with Crippen molar-refractivity contribution in [3.63, 3.8) is 0 Å². The molecule has 0 spiro atoms. The van der Waals surface area contributed by atoms with Crippen molar-refractivity contribution in [1.82, 2.24) is 0 Å². The first-order valence-electron chi connectivity index (χ1n) is 4.41. The second kappa shape index (κ2) is 3.44. The van der Waals surface area contributed by atoms with E-state index in [0.29, 0.717) is 0 Å². The molecule has 0 nitrogen and oxygen atoms in total. The van der Waals surface area contributed by atoms with Crippen molar-refractivity contribution in [3.05, 3.63) is 24.1 Å². The van der Waals surface area contributed by atoms with Crippen molar-refractivity contribution in [3.8, 4) is 0 Å². The summed E-state index contributed by atoms with van der Waals surface area (Å²) in [6.07, 6.45) is 5.71. The maximum Gasteiger partial charge on any atom is 0.188 e. The summed E-state index contributed by atoms with van der Waals surface area (Å²) in [4.78, 5) is 0. The minimum Gasteiger partial charge on any atom is -0.114 e. The molecule has 0 amide bonds. The van der Waals surface area contributed by atoms with Gasteiger partial charge in [-0.1, -0.05) is 37.7 Å². The van der Waals surface area contributed by atoms with Gasteiger partial charge in [0.1, 0.15) is 0 Å². The molecule has 0 unspecified atom stereocenters. The molecule has 0 bridgehead atoms. The standard InChI is InChI=1S/C9H17BSi/c1-11(2,3)9-10-7-5-4-6-8-10/h5-8H,4,9H2,1-3H3. The minimum absolute atomic E-state index is 0.746. The monoisotopic (exact) mass is 164 g/mol. The molecule has 1 heterocycles. The van der Waals surface area contributed by atoms with E-state index >= 15 is 0 Å².